The molecule has 2 amide bonds. The lowest BCUT2D eigenvalue weighted by atomic mass is 10.2. The Kier molecular flexibility index (Phi) is 5.45. The zero-order valence-electron chi connectivity index (χ0n) is 12.3. The third-order valence-electron chi connectivity index (χ3n) is 2.67. The van der Waals surface area contributed by atoms with E-state index in [1.807, 2.05) is 0 Å². The summed E-state index contributed by atoms with van der Waals surface area (Å²) in [7, 11) is 0. The van der Waals surface area contributed by atoms with Crippen LogP contribution in [0, 0.1) is 5.82 Å². The molecule has 0 aliphatic heterocycles. The quantitative estimate of drug-likeness (QED) is 0.649. The minimum absolute atomic E-state index is 0.0444. The molecule has 8 heteroatoms. The van der Waals surface area contributed by atoms with Crippen molar-refractivity contribution in [3.8, 4) is 0 Å². The molecular formula is C15H14FN5O2. The average Bonchev–Trinajstić information content (AvgIpc) is 2.53. The standard InChI is InChI=1S/C15H14FN5O2/c1-10(20-21-15(23)13-9-17-5-6-18-13)7-14(22)19-12-4-2-3-11(16)8-12/h2-6,8-9H,7H2,1H3,(H,19,22)(H,21,23). The van der Waals surface area contributed by atoms with Gasteiger partial charge in [0.05, 0.1) is 12.6 Å². The summed E-state index contributed by atoms with van der Waals surface area (Å²) in [6.07, 6.45) is 4.09. The Hall–Kier alpha value is -3.16. The summed E-state index contributed by atoms with van der Waals surface area (Å²) in [6, 6.07) is 5.56. The van der Waals surface area contributed by atoms with Gasteiger partial charge in [-0.25, -0.2) is 14.8 Å². The first-order chi connectivity index (χ1) is 11.0. The molecule has 0 saturated carbocycles. The Labute approximate surface area is 131 Å². The van der Waals surface area contributed by atoms with E-state index < -0.39 is 11.7 Å². The summed E-state index contributed by atoms with van der Waals surface area (Å²) in [6.45, 7) is 1.59. The highest BCUT2D eigenvalue weighted by Crippen LogP contribution is 2.09. The Morgan fingerprint density at radius 1 is 1.30 bits per heavy atom. The average molecular weight is 315 g/mol. The SMILES string of the molecule is CC(CC(=O)Nc1cccc(F)c1)=NNC(=O)c1cnccn1. The van der Waals surface area contributed by atoms with Crippen molar-refractivity contribution in [2.75, 3.05) is 5.32 Å². The second-order valence-electron chi connectivity index (χ2n) is 4.61. The molecule has 7 nitrogen and oxygen atoms in total. The maximum absolute atomic E-state index is 13.0. The molecule has 2 rings (SSSR count). The van der Waals surface area contributed by atoms with E-state index in [0.717, 1.165) is 0 Å². The molecule has 1 aromatic carbocycles. The number of carbonyl (C=O) groups excluding carboxylic acids is 2. The number of aromatic nitrogens is 2. The Morgan fingerprint density at radius 3 is 2.83 bits per heavy atom. The molecule has 0 unspecified atom stereocenters. The third kappa shape index (κ3) is 5.27. The minimum atomic E-state index is -0.525. The molecule has 23 heavy (non-hydrogen) atoms. The number of anilines is 1. The van der Waals surface area contributed by atoms with Crippen molar-refractivity contribution in [1.29, 1.82) is 0 Å². The number of carbonyl (C=O) groups is 2. The summed E-state index contributed by atoms with van der Waals surface area (Å²) in [5, 5.41) is 6.35. The Morgan fingerprint density at radius 2 is 2.13 bits per heavy atom. The molecule has 2 aromatic rings. The number of hydrogen-bond acceptors (Lipinski definition) is 5. The number of halogens is 1. The van der Waals surface area contributed by atoms with Crippen LogP contribution in [0.5, 0.6) is 0 Å². The first-order valence-corrected chi connectivity index (χ1v) is 6.69. The molecule has 0 radical (unpaired) electrons. The Bertz CT molecular complexity index is 734. The van der Waals surface area contributed by atoms with Crippen LogP contribution < -0.4 is 10.7 Å². The van der Waals surface area contributed by atoms with Gasteiger partial charge in [-0.05, 0) is 25.1 Å². The molecule has 0 aliphatic rings. The van der Waals surface area contributed by atoms with Crippen molar-refractivity contribution in [3.63, 3.8) is 0 Å². The Balaban J connectivity index is 1.87. The monoisotopic (exact) mass is 315 g/mol. The lowest BCUT2D eigenvalue weighted by Crippen LogP contribution is -2.22. The van der Waals surface area contributed by atoms with Crippen molar-refractivity contribution in [2.45, 2.75) is 13.3 Å². The van der Waals surface area contributed by atoms with E-state index in [1.54, 1.807) is 13.0 Å². The van der Waals surface area contributed by atoms with E-state index in [-0.39, 0.29) is 18.0 Å². The summed E-state index contributed by atoms with van der Waals surface area (Å²) in [5.74, 6) is -1.34. The van der Waals surface area contributed by atoms with Gasteiger partial charge >= 0.3 is 0 Å². The van der Waals surface area contributed by atoms with Crippen LogP contribution in [0.15, 0.2) is 48.0 Å². The number of benzene rings is 1. The van der Waals surface area contributed by atoms with Crippen LogP contribution in [0.2, 0.25) is 0 Å². The maximum atomic E-state index is 13.0. The fourth-order valence-electron chi connectivity index (χ4n) is 1.66. The number of rotatable bonds is 5. The molecule has 0 aliphatic carbocycles. The van der Waals surface area contributed by atoms with Gasteiger partial charge in [0.25, 0.3) is 5.91 Å². The molecule has 0 bridgehead atoms. The van der Waals surface area contributed by atoms with E-state index in [2.05, 4.69) is 25.8 Å². The lowest BCUT2D eigenvalue weighted by Gasteiger charge is -2.05. The van der Waals surface area contributed by atoms with Crippen LogP contribution in [0.4, 0.5) is 10.1 Å². The van der Waals surface area contributed by atoms with Gasteiger partial charge in [0.1, 0.15) is 11.5 Å². The van der Waals surface area contributed by atoms with E-state index >= 15 is 0 Å². The highest BCUT2D eigenvalue weighted by molar-refractivity contribution is 6.06. The first kappa shape index (κ1) is 16.2. The largest absolute Gasteiger partial charge is 0.326 e. The van der Waals surface area contributed by atoms with Gasteiger partial charge in [-0.1, -0.05) is 6.07 Å². The van der Waals surface area contributed by atoms with Crippen molar-refractivity contribution in [3.05, 3.63) is 54.4 Å². The fraction of sp³-hybridized carbons (Fsp3) is 0.133. The van der Waals surface area contributed by atoms with Crippen LogP contribution >= 0.6 is 0 Å². The summed E-state index contributed by atoms with van der Waals surface area (Å²) in [5.41, 5.74) is 3.14. The van der Waals surface area contributed by atoms with Gasteiger partial charge in [0.15, 0.2) is 0 Å². The van der Waals surface area contributed by atoms with Crippen molar-refractivity contribution in [2.24, 2.45) is 5.10 Å². The topological polar surface area (TPSA) is 96.3 Å². The maximum Gasteiger partial charge on any atom is 0.291 e. The summed E-state index contributed by atoms with van der Waals surface area (Å²) < 4.78 is 13.0. The number of nitrogens with one attached hydrogen (secondary N) is 2. The van der Waals surface area contributed by atoms with Gasteiger partial charge in [-0.2, -0.15) is 5.10 Å². The van der Waals surface area contributed by atoms with E-state index in [0.29, 0.717) is 11.4 Å². The highest BCUT2D eigenvalue weighted by atomic mass is 19.1. The number of amides is 2. The molecule has 0 spiro atoms. The van der Waals surface area contributed by atoms with Gasteiger partial charge in [0.2, 0.25) is 5.91 Å². The summed E-state index contributed by atoms with van der Waals surface area (Å²) >= 11 is 0. The van der Waals surface area contributed by atoms with Crippen LogP contribution in [0.25, 0.3) is 0 Å². The number of nitrogens with zero attached hydrogens (tertiary/aromatic N) is 3. The fourth-order valence-corrected chi connectivity index (χ4v) is 1.66. The van der Waals surface area contributed by atoms with Crippen molar-refractivity contribution >= 4 is 23.2 Å². The van der Waals surface area contributed by atoms with Crippen LogP contribution in [0.3, 0.4) is 0 Å². The lowest BCUT2D eigenvalue weighted by molar-refractivity contribution is -0.115. The molecule has 0 saturated heterocycles. The van der Waals surface area contributed by atoms with Crippen LogP contribution in [-0.4, -0.2) is 27.5 Å². The molecule has 0 fully saturated rings. The van der Waals surface area contributed by atoms with Crippen LogP contribution in [0.1, 0.15) is 23.8 Å². The van der Waals surface area contributed by atoms with Crippen molar-refractivity contribution in [1.82, 2.24) is 15.4 Å². The predicted molar refractivity (Wildman–Crippen MR) is 82.3 cm³/mol. The van der Waals surface area contributed by atoms with E-state index in [9.17, 15) is 14.0 Å². The van der Waals surface area contributed by atoms with E-state index in [1.165, 1.54) is 36.8 Å². The summed E-state index contributed by atoms with van der Waals surface area (Å²) in [4.78, 5) is 31.1. The van der Waals surface area contributed by atoms with Gasteiger partial charge in [-0.3, -0.25) is 14.6 Å². The number of hydrazone groups is 1. The highest BCUT2D eigenvalue weighted by Gasteiger charge is 2.08. The smallest absolute Gasteiger partial charge is 0.291 e. The molecule has 1 heterocycles. The van der Waals surface area contributed by atoms with Gasteiger partial charge in [0, 0.05) is 23.8 Å². The van der Waals surface area contributed by atoms with Crippen molar-refractivity contribution < 1.29 is 14.0 Å². The van der Waals surface area contributed by atoms with Gasteiger partial charge in [-0.15, -0.1) is 0 Å². The molecular weight excluding hydrogens is 301 g/mol. The molecule has 118 valence electrons. The number of hydrogen-bond donors (Lipinski definition) is 2. The zero-order chi connectivity index (χ0) is 16.7. The van der Waals surface area contributed by atoms with E-state index in [4.69, 9.17) is 0 Å². The molecule has 1 aromatic heterocycles. The van der Waals surface area contributed by atoms with Crippen LogP contribution in [-0.2, 0) is 4.79 Å². The normalized spacial score (nSPS) is 11.0. The van der Waals surface area contributed by atoms with Gasteiger partial charge < -0.3 is 5.32 Å². The second-order valence-corrected chi connectivity index (χ2v) is 4.61. The second kappa shape index (κ2) is 7.74. The molecule has 0 atom stereocenters. The zero-order valence-corrected chi connectivity index (χ0v) is 12.3. The predicted octanol–water partition coefficient (Wildman–Crippen LogP) is 1.75. The molecule has 2 N–H and O–H groups in total. The first-order valence-electron chi connectivity index (χ1n) is 6.69. The third-order valence-corrected chi connectivity index (χ3v) is 2.67. The minimum Gasteiger partial charge on any atom is -0.326 e.